The first-order valence-corrected chi connectivity index (χ1v) is 1.71. The van der Waals surface area contributed by atoms with Crippen LogP contribution in [-0.4, -0.2) is 33.1 Å². The van der Waals surface area contributed by atoms with Crippen LogP contribution in [0, 0.1) is 0 Å². The van der Waals surface area contributed by atoms with Gasteiger partial charge in [-0.25, -0.2) is 0 Å². The van der Waals surface area contributed by atoms with Crippen molar-refractivity contribution in [2.45, 2.75) is 12.7 Å². The molecule has 0 radical (unpaired) electrons. The Morgan fingerprint density at radius 3 is 1.88 bits per heavy atom. The van der Waals surface area contributed by atoms with E-state index in [9.17, 15) is 4.79 Å². The van der Waals surface area contributed by atoms with E-state index < -0.39 is 18.7 Å². The number of aliphatic hydroxyl groups is 2. The lowest BCUT2D eigenvalue weighted by Gasteiger charge is -1.93. The Labute approximate surface area is 45.5 Å². The zero-order valence-corrected chi connectivity index (χ0v) is 4.03. The fourth-order valence-corrected chi connectivity index (χ4v) is 0.156. The summed E-state index contributed by atoms with van der Waals surface area (Å²) in [6.45, 7) is 0. The molecule has 0 aromatic carbocycles. The van der Waals surface area contributed by atoms with Crippen molar-refractivity contribution in [1.82, 2.24) is 0 Å². The first kappa shape index (κ1) is 10.4. The Bertz CT molecular complexity index is 68.1. The summed E-state index contributed by atoms with van der Waals surface area (Å²) in [4.78, 5) is 9.49. The molecule has 0 atom stereocenters. The van der Waals surface area contributed by atoms with E-state index in [1.807, 2.05) is 0 Å². The van der Waals surface area contributed by atoms with E-state index in [1.165, 1.54) is 0 Å². The molecule has 5 nitrogen and oxygen atoms in total. The van der Waals surface area contributed by atoms with Gasteiger partial charge in [-0.1, -0.05) is 0 Å². The molecular weight excluding hydrogens is 116 g/mol. The van der Waals surface area contributed by atoms with Gasteiger partial charge in [0.05, 0.1) is 6.42 Å². The SMILES string of the molecule is O.O=C(O)CC(O)O. The molecule has 0 bridgehead atoms. The summed E-state index contributed by atoms with van der Waals surface area (Å²) < 4.78 is 0. The van der Waals surface area contributed by atoms with Crippen LogP contribution in [0.5, 0.6) is 0 Å². The number of aliphatic hydroxyl groups excluding tert-OH is 1. The summed E-state index contributed by atoms with van der Waals surface area (Å²) in [5.74, 6) is -1.21. The summed E-state index contributed by atoms with van der Waals surface area (Å²) in [7, 11) is 0. The molecule has 0 fully saturated rings. The Morgan fingerprint density at radius 2 is 1.88 bits per heavy atom. The summed E-state index contributed by atoms with van der Waals surface area (Å²) in [5, 5.41) is 23.6. The van der Waals surface area contributed by atoms with E-state index in [2.05, 4.69) is 0 Å². The van der Waals surface area contributed by atoms with Gasteiger partial charge in [-0.2, -0.15) is 0 Å². The van der Waals surface area contributed by atoms with Crippen LogP contribution in [0.15, 0.2) is 0 Å². The second-order valence-corrected chi connectivity index (χ2v) is 1.08. The van der Waals surface area contributed by atoms with Gasteiger partial charge in [0.15, 0.2) is 6.29 Å². The Balaban J connectivity index is 0. The van der Waals surface area contributed by atoms with Crippen LogP contribution in [-0.2, 0) is 4.79 Å². The third kappa shape index (κ3) is 9.02. The van der Waals surface area contributed by atoms with Gasteiger partial charge in [0, 0.05) is 0 Å². The molecule has 0 rings (SSSR count). The van der Waals surface area contributed by atoms with Gasteiger partial charge < -0.3 is 20.8 Å². The fraction of sp³-hybridized carbons (Fsp3) is 0.667. The number of carboxylic acid groups (broad SMARTS) is 1. The summed E-state index contributed by atoms with van der Waals surface area (Å²) in [6.07, 6.45) is -2.34. The van der Waals surface area contributed by atoms with Crippen molar-refractivity contribution in [1.29, 1.82) is 0 Å². The van der Waals surface area contributed by atoms with Gasteiger partial charge in [0.25, 0.3) is 0 Å². The van der Waals surface area contributed by atoms with Gasteiger partial charge in [-0.3, -0.25) is 4.79 Å². The maximum absolute atomic E-state index is 9.49. The van der Waals surface area contributed by atoms with E-state index in [0.717, 1.165) is 0 Å². The van der Waals surface area contributed by atoms with Gasteiger partial charge in [-0.15, -0.1) is 0 Å². The third-order valence-corrected chi connectivity index (χ3v) is 0.357. The van der Waals surface area contributed by atoms with Crippen molar-refractivity contribution in [3.05, 3.63) is 0 Å². The lowest BCUT2D eigenvalue weighted by atomic mass is 10.4. The van der Waals surface area contributed by atoms with Crippen LogP contribution in [0.2, 0.25) is 0 Å². The minimum absolute atomic E-state index is 0. The van der Waals surface area contributed by atoms with E-state index in [0.29, 0.717) is 0 Å². The second kappa shape index (κ2) is 4.51. The van der Waals surface area contributed by atoms with E-state index in [1.54, 1.807) is 0 Å². The first-order valence-electron chi connectivity index (χ1n) is 1.71. The molecule has 50 valence electrons. The van der Waals surface area contributed by atoms with E-state index in [4.69, 9.17) is 15.3 Å². The second-order valence-electron chi connectivity index (χ2n) is 1.08. The van der Waals surface area contributed by atoms with Crippen molar-refractivity contribution >= 4 is 5.97 Å². The normalized spacial score (nSPS) is 8.38. The Hall–Kier alpha value is -0.650. The van der Waals surface area contributed by atoms with Gasteiger partial charge in [-0.05, 0) is 0 Å². The first-order chi connectivity index (χ1) is 3.13. The predicted octanol–water partition coefficient (Wildman–Crippen LogP) is -2.05. The van der Waals surface area contributed by atoms with Crippen LogP contribution in [0.25, 0.3) is 0 Å². The zero-order chi connectivity index (χ0) is 5.86. The summed E-state index contributed by atoms with van der Waals surface area (Å²) >= 11 is 0. The molecule has 5 heteroatoms. The molecule has 8 heavy (non-hydrogen) atoms. The molecule has 0 heterocycles. The number of carbonyl (C=O) groups is 1. The van der Waals surface area contributed by atoms with Crippen molar-refractivity contribution < 1.29 is 25.6 Å². The van der Waals surface area contributed by atoms with Crippen molar-refractivity contribution in [2.75, 3.05) is 0 Å². The maximum atomic E-state index is 9.49. The highest BCUT2D eigenvalue weighted by Crippen LogP contribution is 1.82. The molecule has 0 saturated carbocycles. The minimum Gasteiger partial charge on any atom is -0.481 e. The van der Waals surface area contributed by atoms with Crippen LogP contribution in [0.4, 0.5) is 0 Å². The highest BCUT2D eigenvalue weighted by atomic mass is 16.5. The lowest BCUT2D eigenvalue weighted by Crippen LogP contribution is -2.10. The van der Waals surface area contributed by atoms with Crippen molar-refractivity contribution in [2.24, 2.45) is 0 Å². The number of rotatable bonds is 2. The third-order valence-electron chi connectivity index (χ3n) is 0.357. The van der Waals surface area contributed by atoms with Gasteiger partial charge in [0.1, 0.15) is 0 Å². The molecule has 0 aliphatic carbocycles. The smallest absolute Gasteiger partial charge is 0.308 e. The highest BCUT2D eigenvalue weighted by molar-refractivity contribution is 5.66. The molecule has 5 N–H and O–H groups in total. The highest BCUT2D eigenvalue weighted by Gasteiger charge is 2.01. The largest absolute Gasteiger partial charge is 0.481 e. The summed E-state index contributed by atoms with van der Waals surface area (Å²) in [6, 6.07) is 0. The average molecular weight is 124 g/mol. The number of hydrogen-bond acceptors (Lipinski definition) is 3. The average Bonchev–Trinajstić information content (AvgIpc) is 1.27. The van der Waals surface area contributed by atoms with Crippen molar-refractivity contribution in [3.8, 4) is 0 Å². The van der Waals surface area contributed by atoms with Crippen LogP contribution < -0.4 is 0 Å². The molecule has 0 aliphatic rings. The maximum Gasteiger partial charge on any atom is 0.308 e. The van der Waals surface area contributed by atoms with Crippen molar-refractivity contribution in [3.63, 3.8) is 0 Å². The van der Waals surface area contributed by atoms with Gasteiger partial charge in [0.2, 0.25) is 0 Å². The Kier molecular flexibility index (Phi) is 5.83. The number of hydrogen-bond donors (Lipinski definition) is 3. The number of aliphatic carboxylic acids is 1. The molecule has 0 aromatic heterocycles. The topological polar surface area (TPSA) is 109 Å². The molecular formula is C3H8O5. The van der Waals surface area contributed by atoms with Crippen LogP contribution >= 0.6 is 0 Å². The fourth-order valence-electron chi connectivity index (χ4n) is 0.156. The lowest BCUT2D eigenvalue weighted by molar-refractivity contribution is -0.145. The zero-order valence-electron chi connectivity index (χ0n) is 4.03. The van der Waals surface area contributed by atoms with Crippen LogP contribution in [0.1, 0.15) is 6.42 Å². The minimum atomic E-state index is -1.72. The molecule has 0 spiro atoms. The Morgan fingerprint density at radius 1 is 1.50 bits per heavy atom. The predicted molar refractivity (Wildman–Crippen MR) is 24.1 cm³/mol. The number of carboxylic acids is 1. The van der Waals surface area contributed by atoms with Gasteiger partial charge >= 0.3 is 5.97 Å². The van der Waals surface area contributed by atoms with E-state index >= 15 is 0 Å². The molecule has 0 amide bonds. The van der Waals surface area contributed by atoms with E-state index in [-0.39, 0.29) is 5.48 Å². The van der Waals surface area contributed by atoms with Crippen LogP contribution in [0.3, 0.4) is 0 Å². The molecule has 0 unspecified atom stereocenters. The quantitative estimate of drug-likeness (QED) is 0.368. The molecule has 0 saturated heterocycles. The standard InChI is InChI=1S/C3H6O4.H2O/c4-2(5)1-3(6)7;/h2,4-5H,1H2,(H,6,7);1H2. The molecule has 0 aliphatic heterocycles. The summed E-state index contributed by atoms with van der Waals surface area (Å²) in [5.41, 5.74) is 0. The molecule has 0 aromatic rings. The monoisotopic (exact) mass is 124 g/mol.